The van der Waals surface area contributed by atoms with Gasteiger partial charge in [0.2, 0.25) is 5.91 Å². The van der Waals surface area contributed by atoms with E-state index in [1.54, 1.807) is 25.1 Å². The molecule has 0 bridgehead atoms. The molecule has 2 amide bonds. The van der Waals surface area contributed by atoms with Crippen LogP contribution in [-0.2, 0) is 9.59 Å². The summed E-state index contributed by atoms with van der Waals surface area (Å²) in [5.74, 6) is 0.782. The topological polar surface area (TPSA) is 84.9 Å². The van der Waals surface area contributed by atoms with Gasteiger partial charge in [-0.2, -0.15) is 0 Å². The maximum atomic E-state index is 12.8. The van der Waals surface area contributed by atoms with Crippen LogP contribution in [0, 0.1) is 19.8 Å². The number of ether oxygens (including phenoxy) is 2. The molecule has 1 aliphatic rings. The number of hydrogen-bond acceptors (Lipinski definition) is 5. The van der Waals surface area contributed by atoms with Crippen molar-refractivity contribution < 1.29 is 23.9 Å². The molecule has 0 aromatic heterocycles. The van der Waals surface area contributed by atoms with E-state index < -0.39 is 6.04 Å². The monoisotopic (exact) mass is 452 g/mol. The molecule has 2 aromatic carbocycles. The van der Waals surface area contributed by atoms with Crippen molar-refractivity contribution in [3.8, 4) is 11.5 Å². The van der Waals surface area contributed by atoms with E-state index >= 15 is 0 Å². The molecule has 0 radical (unpaired) electrons. The third kappa shape index (κ3) is 5.92. The number of amides is 2. The van der Waals surface area contributed by atoms with Crippen molar-refractivity contribution in [1.29, 1.82) is 0 Å². The molecule has 3 rings (SSSR count). The Bertz CT molecular complexity index is 1050. The van der Waals surface area contributed by atoms with Gasteiger partial charge in [0.1, 0.15) is 17.5 Å². The van der Waals surface area contributed by atoms with E-state index in [0.717, 1.165) is 17.5 Å². The average Bonchev–Trinajstić information content (AvgIpc) is 2.78. The summed E-state index contributed by atoms with van der Waals surface area (Å²) in [6, 6.07) is 9.99. The van der Waals surface area contributed by atoms with E-state index in [2.05, 4.69) is 19.2 Å². The second-order valence-corrected chi connectivity index (χ2v) is 8.87. The maximum Gasteiger partial charge on any atom is 0.265 e. The Labute approximate surface area is 195 Å². The van der Waals surface area contributed by atoms with Crippen LogP contribution >= 0.6 is 0 Å². The lowest BCUT2D eigenvalue weighted by Crippen LogP contribution is -2.51. The second-order valence-electron chi connectivity index (χ2n) is 8.87. The fourth-order valence-corrected chi connectivity index (χ4v) is 3.61. The fraction of sp³-hybridized carbons (Fsp3) is 0.423. The first-order valence-corrected chi connectivity index (χ1v) is 11.3. The third-order valence-corrected chi connectivity index (χ3v) is 5.65. The zero-order valence-corrected chi connectivity index (χ0v) is 19.9. The maximum absolute atomic E-state index is 12.8. The number of anilines is 1. The van der Waals surface area contributed by atoms with Crippen LogP contribution in [0.1, 0.15) is 48.7 Å². The highest BCUT2D eigenvalue weighted by atomic mass is 16.5. The van der Waals surface area contributed by atoms with Crippen molar-refractivity contribution in [3.05, 3.63) is 53.1 Å². The number of carbonyl (C=O) groups excluding carboxylic acids is 3. The number of nitrogens with zero attached hydrogens (tertiary/aromatic N) is 1. The fourth-order valence-electron chi connectivity index (χ4n) is 3.61. The van der Waals surface area contributed by atoms with Gasteiger partial charge in [-0.3, -0.25) is 19.3 Å². The summed E-state index contributed by atoms with van der Waals surface area (Å²) in [6.45, 7) is 9.98. The molecule has 0 saturated carbocycles. The zero-order valence-electron chi connectivity index (χ0n) is 19.9. The van der Waals surface area contributed by atoms with Gasteiger partial charge in [0.05, 0.1) is 5.69 Å². The van der Waals surface area contributed by atoms with Gasteiger partial charge >= 0.3 is 0 Å². The molecule has 7 heteroatoms. The Kier molecular flexibility index (Phi) is 7.74. The number of aryl methyl sites for hydroxylation is 2. The first-order valence-electron chi connectivity index (χ1n) is 11.3. The highest BCUT2D eigenvalue weighted by Gasteiger charge is 2.33. The summed E-state index contributed by atoms with van der Waals surface area (Å²) < 4.78 is 11.3. The number of hydrogen-bond donors (Lipinski definition) is 1. The lowest BCUT2D eigenvalue weighted by Gasteiger charge is -2.33. The molecule has 0 spiro atoms. The van der Waals surface area contributed by atoms with Crippen molar-refractivity contribution in [1.82, 2.24) is 5.32 Å². The van der Waals surface area contributed by atoms with Crippen LogP contribution < -0.4 is 19.7 Å². The van der Waals surface area contributed by atoms with Gasteiger partial charge in [0.25, 0.3) is 5.91 Å². The smallest absolute Gasteiger partial charge is 0.265 e. The van der Waals surface area contributed by atoms with Crippen LogP contribution in [0.15, 0.2) is 36.4 Å². The number of carbonyl (C=O) groups is 3. The standard InChI is InChI=1S/C26H32N2O5/c1-16(2)10-11-27-26(31)19(5)28-21-13-20(8-9-23(21)33-15-25(28)30)22(29)14-32-24-12-17(3)6-7-18(24)4/h6-9,12-13,16,19H,10-11,14-15H2,1-5H3,(H,27,31). The predicted molar refractivity (Wildman–Crippen MR) is 127 cm³/mol. The third-order valence-electron chi connectivity index (χ3n) is 5.65. The van der Waals surface area contributed by atoms with Gasteiger partial charge in [-0.15, -0.1) is 0 Å². The van der Waals surface area contributed by atoms with Crippen molar-refractivity contribution in [2.75, 3.05) is 24.7 Å². The summed E-state index contributed by atoms with van der Waals surface area (Å²) in [5, 5.41) is 2.89. The quantitative estimate of drug-likeness (QED) is 0.585. The van der Waals surface area contributed by atoms with Crippen LogP contribution in [0.4, 0.5) is 5.69 Å². The second kappa shape index (κ2) is 10.5. The predicted octanol–water partition coefficient (Wildman–Crippen LogP) is 3.84. The first kappa shape index (κ1) is 24.3. The molecule has 7 nitrogen and oxygen atoms in total. The van der Waals surface area contributed by atoms with E-state index in [9.17, 15) is 14.4 Å². The Hall–Kier alpha value is -3.35. The molecule has 1 heterocycles. The molecular formula is C26H32N2O5. The molecule has 1 aliphatic heterocycles. The Morgan fingerprint density at radius 1 is 1.12 bits per heavy atom. The highest BCUT2D eigenvalue weighted by Crippen LogP contribution is 2.34. The minimum absolute atomic E-state index is 0.136. The van der Waals surface area contributed by atoms with E-state index in [1.807, 2.05) is 32.0 Å². The lowest BCUT2D eigenvalue weighted by molar-refractivity contribution is -0.127. The van der Waals surface area contributed by atoms with E-state index in [0.29, 0.717) is 35.2 Å². The number of fused-ring (bicyclic) bond motifs is 1. The Morgan fingerprint density at radius 2 is 1.88 bits per heavy atom. The number of nitrogens with one attached hydrogen (secondary N) is 1. The van der Waals surface area contributed by atoms with Crippen molar-refractivity contribution >= 4 is 23.3 Å². The molecule has 1 unspecified atom stereocenters. The molecule has 1 atom stereocenters. The van der Waals surface area contributed by atoms with Crippen molar-refractivity contribution in [2.24, 2.45) is 5.92 Å². The van der Waals surface area contributed by atoms with Crippen LogP contribution in [0.3, 0.4) is 0 Å². The van der Waals surface area contributed by atoms with Crippen LogP contribution in [0.2, 0.25) is 0 Å². The molecule has 176 valence electrons. The zero-order chi connectivity index (χ0) is 24.1. The first-order chi connectivity index (χ1) is 15.7. The molecule has 2 aromatic rings. The largest absolute Gasteiger partial charge is 0.485 e. The summed E-state index contributed by atoms with van der Waals surface area (Å²) in [5.41, 5.74) is 2.79. The van der Waals surface area contributed by atoms with Gasteiger partial charge in [-0.25, -0.2) is 0 Å². The number of ketones is 1. The van der Waals surface area contributed by atoms with Gasteiger partial charge in [0.15, 0.2) is 19.0 Å². The number of Topliss-reactive ketones (excluding diaryl/α,β-unsaturated/α-hetero) is 1. The number of benzene rings is 2. The Morgan fingerprint density at radius 3 is 2.61 bits per heavy atom. The minimum atomic E-state index is -0.733. The van der Waals surface area contributed by atoms with Crippen molar-refractivity contribution in [2.45, 2.75) is 47.1 Å². The normalized spacial score (nSPS) is 13.9. The summed E-state index contributed by atoms with van der Waals surface area (Å²) in [7, 11) is 0. The lowest BCUT2D eigenvalue weighted by atomic mass is 10.1. The summed E-state index contributed by atoms with van der Waals surface area (Å²) in [4.78, 5) is 39.6. The molecule has 0 aliphatic carbocycles. The van der Waals surface area contributed by atoms with Crippen molar-refractivity contribution in [3.63, 3.8) is 0 Å². The molecular weight excluding hydrogens is 420 g/mol. The highest BCUT2D eigenvalue weighted by molar-refractivity contribution is 6.05. The number of rotatable bonds is 9. The van der Waals surface area contributed by atoms with Crippen LogP contribution in [0.25, 0.3) is 0 Å². The van der Waals surface area contributed by atoms with E-state index in [-0.39, 0.29) is 30.8 Å². The molecule has 0 saturated heterocycles. The Balaban J connectivity index is 1.76. The molecule has 0 fully saturated rings. The SMILES string of the molecule is Cc1ccc(C)c(OCC(=O)c2ccc3c(c2)N(C(C)C(=O)NCCC(C)C)C(=O)CO3)c1. The van der Waals surface area contributed by atoms with E-state index in [1.165, 1.54) is 4.90 Å². The van der Waals surface area contributed by atoms with Gasteiger partial charge < -0.3 is 14.8 Å². The summed E-state index contributed by atoms with van der Waals surface area (Å²) in [6.07, 6.45) is 0.852. The van der Waals surface area contributed by atoms with Gasteiger partial charge in [0, 0.05) is 12.1 Å². The molecule has 1 N–H and O–H groups in total. The van der Waals surface area contributed by atoms with E-state index in [4.69, 9.17) is 9.47 Å². The minimum Gasteiger partial charge on any atom is -0.485 e. The summed E-state index contributed by atoms with van der Waals surface area (Å²) >= 11 is 0. The van der Waals surface area contributed by atoms with Gasteiger partial charge in [-0.05, 0) is 68.5 Å². The van der Waals surface area contributed by atoms with Gasteiger partial charge in [-0.1, -0.05) is 26.0 Å². The van der Waals surface area contributed by atoms with Crippen LogP contribution in [-0.4, -0.2) is 43.4 Å². The average molecular weight is 453 g/mol. The molecule has 33 heavy (non-hydrogen) atoms. The van der Waals surface area contributed by atoms with Crippen LogP contribution in [0.5, 0.6) is 11.5 Å².